The Hall–Kier alpha value is -3.72. The maximum atomic E-state index is 13.1. The van der Waals surface area contributed by atoms with E-state index in [1.165, 1.54) is 10.6 Å². The SMILES string of the molecule is Cc1cc(N2C(=O)NC(=O)/C(=C\c3cn(CC(=O)O)c4ccccc34)C2=O)ccc1Br. The van der Waals surface area contributed by atoms with Crippen molar-refractivity contribution in [2.24, 2.45) is 0 Å². The molecule has 4 amide bonds. The zero-order valence-electron chi connectivity index (χ0n) is 16.3. The van der Waals surface area contributed by atoms with Gasteiger partial charge in [-0.15, -0.1) is 0 Å². The van der Waals surface area contributed by atoms with Crippen LogP contribution in [-0.2, 0) is 20.9 Å². The van der Waals surface area contributed by atoms with E-state index < -0.39 is 23.8 Å². The summed E-state index contributed by atoms with van der Waals surface area (Å²) in [7, 11) is 0. The van der Waals surface area contributed by atoms with Gasteiger partial charge in [0.15, 0.2) is 0 Å². The number of rotatable bonds is 4. The fraction of sp³-hybridized carbons (Fsp3) is 0.0909. The zero-order chi connectivity index (χ0) is 22.3. The number of benzene rings is 2. The Labute approximate surface area is 184 Å². The van der Waals surface area contributed by atoms with Gasteiger partial charge >= 0.3 is 12.0 Å². The van der Waals surface area contributed by atoms with Crippen molar-refractivity contribution in [1.82, 2.24) is 9.88 Å². The number of aliphatic carboxylic acids is 1. The third-order valence-electron chi connectivity index (χ3n) is 4.93. The molecule has 0 spiro atoms. The van der Waals surface area contributed by atoms with Gasteiger partial charge in [0.2, 0.25) is 0 Å². The van der Waals surface area contributed by atoms with Crippen LogP contribution in [0.5, 0.6) is 0 Å². The molecule has 156 valence electrons. The lowest BCUT2D eigenvalue weighted by Crippen LogP contribution is -2.54. The monoisotopic (exact) mass is 481 g/mol. The topological polar surface area (TPSA) is 109 Å². The fourth-order valence-corrected chi connectivity index (χ4v) is 3.73. The molecular weight excluding hydrogens is 466 g/mol. The molecule has 0 aliphatic carbocycles. The number of anilines is 1. The minimum Gasteiger partial charge on any atom is -0.480 e. The maximum absolute atomic E-state index is 13.1. The molecule has 0 atom stereocenters. The number of fused-ring (bicyclic) bond motifs is 1. The van der Waals surface area contributed by atoms with Crippen LogP contribution in [0, 0.1) is 6.92 Å². The number of amides is 4. The molecule has 0 radical (unpaired) electrons. The van der Waals surface area contributed by atoms with Gasteiger partial charge in [-0.25, -0.2) is 9.69 Å². The molecule has 31 heavy (non-hydrogen) atoms. The molecule has 1 fully saturated rings. The van der Waals surface area contributed by atoms with Gasteiger partial charge in [-0.2, -0.15) is 0 Å². The summed E-state index contributed by atoms with van der Waals surface area (Å²) in [4.78, 5) is 50.1. The van der Waals surface area contributed by atoms with Crippen LogP contribution in [-0.4, -0.2) is 33.5 Å². The minimum atomic E-state index is -1.02. The predicted molar refractivity (Wildman–Crippen MR) is 117 cm³/mol. The summed E-state index contributed by atoms with van der Waals surface area (Å²) in [5.41, 5.74) is 2.07. The molecule has 1 aliphatic heterocycles. The third-order valence-corrected chi connectivity index (χ3v) is 5.82. The number of imide groups is 2. The average Bonchev–Trinajstić information content (AvgIpc) is 3.04. The number of halogens is 1. The van der Waals surface area contributed by atoms with Gasteiger partial charge in [0.1, 0.15) is 12.1 Å². The largest absolute Gasteiger partial charge is 0.480 e. The summed E-state index contributed by atoms with van der Waals surface area (Å²) >= 11 is 3.38. The third kappa shape index (κ3) is 3.75. The first-order chi connectivity index (χ1) is 14.8. The number of hydrogen-bond acceptors (Lipinski definition) is 4. The van der Waals surface area contributed by atoms with E-state index in [4.69, 9.17) is 0 Å². The van der Waals surface area contributed by atoms with Crippen LogP contribution in [0.1, 0.15) is 11.1 Å². The average molecular weight is 482 g/mol. The second-order valence-electron chi connectivity index (χ2n) is 7.01. The number of urea groups is 1. The highest BCUT2D eigenvalue weighted by Gasteiger charge is 2.37. The number of nitrogens with one attached hydrogen (secondary N) is 1. The van der Waals surface area contributed by atoms with Gasteiger partial charge in [-0.05, 0) is 42.8 Å². The highest BCUT2D eigenvalue weighted by molar-refractivity contribution is 9.10. The number of carboxylic acids is 1. The Balaban J connectivity index is 1.81. The molecule has 2 heterocycles. The lowest BCUT2D eigenvalue weighted by molar-refractivity contribution is -0.137. The van der Waals surface area contributed by atoms with Crippen LogP contribution in [0.15, 0.2) is 58.7 Å². The van der Waals surface area contributed by atoms with E-state index in [0.717, 1.165) is 14.9 Å². The van der Waals surface area contributed by atoms with E-state index in [1.54, 1.807) is 48.7 Å². The second kappa shape index (κ2) is 7.84. The summed E-state index contributed by atoms with van der Waals surface area (Å²) in [6.45, 7) is 1.55. The zero-order valence-corrected chi connectivity index (χ0v) is 17.8. The van der Waals surface area contributed by atoms with Crippen LogP contribution in [0.3, 0.4) is 0 Å². The molecule has 0 bridgehead atoms. The van der Waals surface area contributed by atoms with E-state index in [2.05, 4.69) is 21.2 Å². The van der Waals surface area contributed by atoms with Crippen LogP contribution in [0.4, 0.5) is 10.5 Å². The van der Waals surface area contributed by atoms with Crippen molar-refractivity contribution in [2.75, 3.05) is 4.90 Å². The van der Waals surface area contributed by atoms with Crippen LogP contribution < -0.4 is 10.2 Å². The standard InChI is InChI=1S/C22H16BrN3O5/c1-12-8-14(6-7-17(12)23)26-21(30)16(20(29)24-22(26)31)9-13-10-25(11-19(27)28)18-5-3-2-4-15(13)18/h2-10H,11H2,1H3,(H,27,28)(H,24,29,31)/b16-9+. The summed E-state index contributed by atoms with van der Waals surface area (Å²) in [6, 6.07) is 11.2. The van der Waals surface area contributed by atoms with Crippen molar-refractivity contribution in [2.45, 2.75) is 13.5 Å². The smallest absolute Gasteiger partial charge is 0.335 e. The first-order valence-electron chi connectivity index (χ1n) is 9.23. The number of barbiturate groups is 1. The van der Waals surface area contributed by atoms with Gasteiger partial charge in [0, 0.05) is 27.1 Å². The number of hydrogen-bond donors (Lipinski definition) is 2. The minimum absolute atomic E-state index is 0.224. The van der Waals surface area contributed by atoms with Crippen molar-refractivity contribution in [1.29, 1.82) is 0 Å². The van der Waals surface area contributed by atoms with Gasteiger partial charge < -0.3 is 9.67 Å². The maximum Gasteiger partial charge on any atom is 0.335 e. The fourth-order valence-electron chi connectivity index (χ4n) is 3.48. The molecule has 1 aromatic heterocycles. The molecule has 4 rings (SSSR count). The summed E-state index contributed by atoms with van der Waals surface area (Å²) < 4.78 is 2.34. The van der Waals surface area contributed by atoms with Crippen molar-refractivity contribution >= 4 is 62.4 Å². The molecule has 1 aliphatic rings. The Kier molecular flexibility index (Phi) is 5.20. The van der Waals surface area contributed by atoms with Gasteiger partial charge in [-0.3, -0.25) is 19.7 Å². The van der Waals surface area contributed by atoms with E-state index in [0.29, 0.717) is 22.2 Å². The van der Waals surface area contributed by atoms with Gasteiger partial charge in [0.25, 0.3) is 11.8 Å². The first kappa shape index (κ1) is 20.5. The number of nitrogens with zero attached hydrogens (tertiary/aromatic N) is 2. The molecule has 3 aromatic rings. The molecule has 0 unspecified atom stereocenters. The summed E-state index contributed by atoms with van der Waals surface area (Å²) in [5, 5.41) is 12.0. The van der Waals surface area contributed by atoms with Crippen molar-refractivity contribution in [3.05, 3.63) is 69.8 Å². The lowest BCUT2D eigenvalue weighted by atomic mass is 10.1. The number of carbonyl (C=O) groups excluding carboxylic acids is 3. The molecule has 0 saturated carbocycles. The van der Waals surface area contributed by atoms with Crippen LogP contribution in [0.25, 0.3) is 17.0 Å². The van der Waals surface area contributed by atoms with E-state index in [9.17, 15) is 24.3 Å². The quantitative estimate of drug-likeness (QED) is 0.438. The number of carbonyl (C=O) groups is 4. The highest BCUT2D eigenvalue weighted by atomic mass is 79.9. The Morgan fingerprint density at radius 1 is 1.16 bits per heavy atom. The van der Waals surface area contributed by atoms with E-state index in [1.807, 2.05) is 6.92 Å². The number of carboxylic acid groups (broad SMARTS) is 1. The van der Waals surface area contributed by atoms with Gasteiger partial charge in [0.05, 0.1) is 5.69 Å². The normalized spacial score (nSPS) is 15.6. The first-order valence-corrected chi connectivity index (χ1v) is 10.0. The molecule has 2 N–H and O–H groups in total. The van der Waals surface area contributed by atoms with Crippen molar-refractivity contribution in [3.8, 4) is 0 Å². The Bertz CT molecular complexity index is 1310. The molecule has 2 aromatic carbocycles. The lowest BCUT2D eigenvalue weighted by Gasteiger charge is -2.26. The summed E-state index contributed by atoms with van der Waals surface area (Å²) in [6.07, 6.45) is 2.94. The highest BCUT2D eigenvalue weighted by Crippen LogP contribution is 2.28. The van der Waals surface area contributed by atoms with Crippen molar-refractivity contribution < 1.29 is 24.3 Å². The second-order valence-corrected chi connectivity index (χ2v) is 7.87. The Morgan fingerprint density at radius 3 is 2.61 bits per heavy atom. The van der Waals surface area contributed by atoms with Gasteiger partial charge in [-0.1, -0.05) is 34.1 Å². The van der Waals surface area contributed by atoms with Crippen molar-refractivity contribution in [3.63, 3.8) is 0 Å². The Morgan fingerprint density at radius 2 is 1.90 bits per heavy atom. The van der Waals surface area contributed by atoms with Crippen LogP contribution >= 0.6 is 15.9 Å². The number of aromatic nitrogens is 1. The summed E-state index contributed by atoms with van der Waals surface area (Å²) in [5.74, 6) is -2.59. The van der Waals surface area contributed by atoms with E-state index >= 15 is 0 Å². The number of para-hydroxylation sites is 1. The van der Waals surface area contributed by atoms with Crippen LogP contribution in [0.2, 0.25) is 0 Å². The molecule has 8 nitrogen and oxygen atoms in total. The molecule has 9 heteroatoms. The molecular formula is C22H16BrN3O5. The van der Waals surface area contributed by atoms with E-state index in [-0.39, 0.29) is 12.1 Å². The number of aryl methyl sites for hydroxylation is 1. The molecule has 1 saturated heterocycles. The predicted octanol–water partition coefficient (Wildman–Crippen LogP) is 3.46.